The maximum absolute atomic E-state index is 5.38. The summed E-state index contributed by atoms with van der Waals surface area (Å²) in [4.78, 5) is 0. The van der Waals surface area contributed by atoms with Crippen LogP contribution in [0.5, 0.6) is 11.5 Å². The normalized spacial score (nSPS) is 33.8. The average molecular weight is 361 g/mol. The van der Waals surface area contributed by atoms with E-state index in [-0.39, 0.29) is 0 Å². The number of hydrogen-bond donors (Lipinski definition) is 4. The molecule has 0 spiro atoms. The van der Waals surface area contributed by atoms with Gasteiger partial charge in [-0.2, -0.15) is 0 Å². The Labute approximate surface area is 156 Å². The Balaban J connectivity index is 1.28. The fraction of sp³-hybridized carbons (Fsp3) is 0.700. The molecule has 1 aromatic carbocycles. The Morgan fingerprint density at radius 1 is 0.885 bits per heavy atom. The molecule has 1 aromatic rings. The summed E-state index contributed by atoms with van der Waals surface area (Å²) in [6.45, 7) is 0. The number of nitrogens with one attached hydrogen (secondary N) is 4. The first-order valence-electron chi connectivity index (χ1n) is 10.0. The fourth-order valence-electron chi connectivity index (χ4n) is 4.68. The molecule has 6 heteroatoms. The van der Waals surface area contributed by atoms with E-state index in [9.17, 15) is 0 Å². The molecule has 2 saturated heterocycles. The molecule has 3 fully saturated rings. The Morgan fingerprint density at radius 2 is 1.54 bits per heavy atom. The lowest BCUT2D eigenvalue weighted by Gasteiger charge is -2.23. The molecule has 144 valence electrons. The second-order valence-corrected chi connectivity index (χ2v) is 7.90. The first kappa shape index (κ1) is 18.0. The highest BCUT2D eigenvalue weighted by Gasteiger charge is 2.40. The average Bonchev–Trinajstić information content (AvgIpc) is 3.32. The Hall–Kier alpha value is -1.34. The molecule has 0 bridgehead atoms. The summed E-state index contributed by atoms with van der Waals surface area (Å²) < 4.78 is 10.8. The van der Waals surface area contributed by atoms with E-state index in [4.69, 9.17) is 9.47 Å². The first-order valence-corrected chi connectivity index (χ1v) is 10.0. The summed E-state index contributed by atoms with van der Waals surface area (Å²) in [7, 11) is 3.40. The summed E-state index contributed by atoms with van der Waals surface area (Å²) in [6.07, 6.45) is 9.00. The standard InChI is InChI=1S/C20H32N4O2/c1-25-15-9-13(10-16(12-15)26-2)7-8-14-11-19(24-23-14)20-21-17-5-3-4-6-18(17)22-20/h9-10,12,14,17-24H,3-8,11H2,1-2H3. The van der Waals surface area contributed by atoms with Crippen molar-refractivity contribution in [3.05, 3.63) is 23.8 Å². The van der Waals surface area contributed by atoms with Gasteiger partial charge >= 0.3 is 0 Å². The third-order valence-corrected chi connectivity index (χ3v) is 6.16. The molecule has 26 heavy (non-hydrogen) atoms. The molecule has 2 aliphatic heterocycles. The molecule has 0 radical (unpaired) electrons. The molecule has 2 heterocycles. The molecule has 4 atom stereocenters. The Morgan fingerprint density at radius 3 is 2.15 bits per heavy atom. The highest BCUT2D eigenvalue weighted by Crippen LogP contribution is 2.26. The molecule has 4 unspecified atom stereocenters. The lowest BCUT2D eigenvalue weighted by molar-refractivity contribution is 0.374. The van der Waals surface area contributed by atoms with E-state index in [0.29, 0.717) is 30.3 Å². The minimum absolute atomic E-state index is 0.387. The Bertz CT molecular complexity index is 575. The largest absolute Gasteiger partial charge is 0.497 e. The molecule has 1 saturated carbocycles. The molecule has 6 nitrogen and oxygen atoms in total. The monoisotopic (exact) mass is 360 g/mol. The second-order valence-electron chi connectivity index (χ2n) is 7.90. The smallest absolute Gasteiger partial charge is 0.122 e. The lowest BCUT2D eigenvalue weighted by atomic mass is 9.92. The van der Waals surface area contributed by atoms with Crippen molar-refractivity contribution in [2.24, 2.45) is 0 Å². The maximum Gasteiger partial charge on any atom is 0.122 e. The van der Waals surface area contributed by atoms with Crippen molar-refractivity contribution < 1.29 is 9.47 Å². The number of benzene rings is 1. The summed E-state index contributed by atoms with van der Waals surface area (Å²) >= 11 is 0. The van der Waals surface area contributed by atoms with E-state index in [1.807, 2.05) is 6.07 Å². The van der Waals surface area contributed by atoms with Crippen LogP contribution in [0, 0.1) is 0 Å². The van der Waals surface area contributed by atoms with Gasteiger partial charge in [0.1, 0.15) is 11.5 Å². The van der Waals surface area contributed by atoms with Crippen molar-refractivity contribution in [2.45, 2.75) is 75.3 Å². The van der Waals surface area contributed by atoms with Gasteiger partial charge in [0.25, 0.3) is 0 Å². The number of ether oxygens (including phenoxy) is 2. The van der Waals surface area contributed by atoms with E-state index >= 15 is 0 Å². The predicted molar refractivity (Wildman–Crippen MR) is 102 cm³/mol. The van der Waals surface area contributed by atoms with Gasteiger partial charge in [-0.25, -0.2) is 0 Å². The fourth-order valence-corrected chi connectivity index (χ4v) is 4.68. The van der Waals surface area contributed by atoms with E-state index < -0.39 is 0 Å². The summed E-state index contributed by atoms with van der Waals surface area (Å²) in [5.74, 6) is 1.72. The third kappa shape index (κ3) is 3.98. The second kappa shape index (κ2) is 8.13. The van der Waals surface area contributed by atoms with Crippen LogP contribution in [0.15, 0.2) is 18.2 Å². The van der Waals surface area contributed by atoms with Gasteiger partial charge in [0.05, 0.1) is 26.4 Å². The molecule has 0 amide bonds. The quantitative estimate of drug-likeness (QED) is 0.619. The van der Waals surface area contributed by atoms with Crippen molar-refractivity contribution in [1.82, 2.24) is 21.5 Å². The molecule has 3 aliphatic rings. The number of methoxy groups -OCH3 is 2. The van der Waals surface area contributed by atoms with Gasteiger partial charge in [-0.05, 0) is 49.8 Å². The highest BCUT2D eigenvalue weighted by molar-refractivity contribution is 5.38. The predicted octanol–water partition coefficient (Wildman–Crippen LogP) is 1.70. The Kier molecular flexibility index (Phi) is 5.64. The topological polar surface area (TPSA) is 66.6 Å². The van der Waals surface area contributed by atoms with Crippen molar-refractivity contribution in [1.29, 1.82) is 0 Å². The van der Waals surface area contributed by atoms with E-state index in [2.05, 4.69) is 33.6 Å². The number of hydrogen-bond acceptors (Lipinski definition) is 6. The molecular formula is C20H32N4O2. The molecule has 1 aliphatic carbocycles. The number of hydrazine groups is 1. The van der Waals surface area contributed by atoms with Crippen LogP contribution in [-0.4, -0.2) is 44.6 Å². The molecular weight excluding hydrogens is 328 g/mol. The minimum atomic E-state index is 0.387. The third-order valence-electron chi connectivity index (χ3n) is 6.16. The van der Waals surface area contributed by atoms with Gasteiger partial charge in [0.15, 0.2) is 0 Å². The molecule has 4 rings (SSSR count). The van der Waals surface area contributed by atoms with E-state index in [1.165, 1.54) is 31.2 Å². The lowest BCUT2D eigenvalue weighted by Crippen LogP contribution is -2.50. The van der Waals surface area contributed by atoms with Gasteiger partial charge in [-0.1, -0.05) is 12.8 Å². The van der Waals surface area contributed by atoms with Crippen molar-refractivity contribution >= 4 is 0 Å². The highest BCUT2D eigenvalue weighted by atomic mass is 16.5. The zero-order chi connectivity index (χ0) is 17.9. The van der Waals surface area contributed by atoms with Crippen LogP contribution >= 0.6 is 0 Å². The van der Waals surface area contributed by atoms with Gasteiger partial charge in [-0.15, -0.1) is 0 Å². The zero-order valence-electron chi connectivity index (χ0n) is 15.9. The van der Waals surface area contributed by atoms with Gasteiger partial charge in [0, 0.05) is 24.2 Å². The maximum atomic E-state index is 5.38. The van der Waals surface area contributed by atoms with Crippen LogP contribution in [0.4, 0.5) is 0 Å². The summed E-state index contributed by atoms with van der Waals surface area (Å²) in [6, 6.07) is 8.40. The number of rotatable bonds is 6. The van der Waals surface area contributed by atoms with Crippen LogP contribution in [0.25, 0.3) is 0 Å². The van der Waals surface area contributed by atoms with E-state index in [1.54, 1.807) is 14.2 Å². The SMILES string of the molecule is COc1cc(CCC2CC(C3NC4CCCCC4N3)NN2)cc(OC)c1. The van der Waals surface area contributed by atoms with Crippen molar-refractivity contribution in [3.8, 4) is 11.5 Å². The van der Waals surface area contributed by atoms with Gasteiger partial charge in [-0.3, -0.25) is 21.5 Å². The summed E-state index contributed by atoms with van der Waals surface area (Å²) in [5.41, 5.74) is 8.27. The van der Waals surface area contributed by atoms with Gasteiger partial charge < -0.3 is 9.47 Å². The minimum Gasteiger partial charge on any atom is -0.497 e. The summed E-state index contributed by atoms with van der Waals surface area (Å²) in [5, 5.41) is 7.63. The van der Waals surface area contributed by atoms with Crippen LogP contribution in [-0.2, 0) is 6.42 Å². The van der Waals surface area contributed by atoms with Crippen LogP contribution in [0.2, 0.25) is 0 Å². The van der Waals surface area contributed by atoms with Gasteiger partial charge in [0.2, 0.25) is 0 Å². The van der Waals surface area contributed by atoms with Crippen LogP contribution < -0.4 is 31.0 Å². The van der Waals surface area contributed by atoms with Crippen LogP contribution in [0.1, 0.15) is 44.1 Å². The van der Waals surface area contributed by atoms with Crippen molar-refractivity contribution in [2.75, 3.05) is 14.2 Å². The molecule has 0 aromatic heterocycles. The van der Waals surface area contributed by atoms with E-state index in [0.717, 1.165) is 30.8 Å². The molecule has 4 N–H and O–H groups in total. The zero-order valence-corrected chi connectivity index (χ0v) is 15.9. The number of aryl methyl sites for hydroxylation is 1. The van der Waals surface area contributed by atoms with Crippen molar-refractivity contribution in [3.63, 3.8) is 0 Å². The first-order chi connectivity index (χ1) is 12.7. The van der Waals surface area contributed by atoms with Crippen LogP contribution in [0.3, 0.4) is 0 Å². The number of fused-ring (bicyclic) bond motifs is 1.